The van der Waals surface area contributed by atoms with Gasteiger partial charge in [-0.05, 0) is 30.5 Å². The Kier molecular flexibility index (Phi) is 4.65. The lowest BCUT2D eigenvalue weighted by atomic mass is 9.91. The van der Waals surface area contributed by atoms with Gasteiger partial charge in [-0.3, -0.25) is 4.79 Å². The highest BCUT2D eigenvalue weighted by Gasteiger charge is 2.31. The number of hydrogen-bond acceptors (Lipinski definition) is 2. The van der Waals surface area contributed by atoms with E-state index in [0.29, 0.717) is 18.7 Å². The van der Waals surface area contributed by atoms with Gasteiger partial charge in [-0.1, -0.05) is 28.9 Å². The Balaban J connectivity index is 2.03. The molecule has 6 heteroatoms. The van der Waals surface area contributed by atoms with Gasteiger partial charge < -0.3 is 15.3 Å². The molecule has 1 saturated heterocycles. The first kappa shape index (κ1) is 14.8. The molecule has 1 heterocycles. The van der Waals surface area contributed by atoms with Gasteiger partial charge in [0.15, 0.2) is 0 Å². The molecule has 1 fully saturated rings. The minimum absolute atomic E-state index is 0.193. The topological polar surface area (TPSA) is 69.6 Å². The minimum Gasteiger partial charge on any atom is -0.481 e. The van der Waals surface area contributed by atoms with Crippen LogP contribution in [0.3, 0.4) is 0 Å². The van der Waals surface area contributed by atoms with E-state index in [1.54, 1.807) is 17.0 Å². The van der Waals surface area contributed by atoms with Crippen LogP contribution in [0.15, 0.2) is 28.7 Å². The number of nitrogens with one attached hydrogen (secondary N) is 1. The zero-order valence-corrected chi connectivity index (χ0v) is 12.8. The van der Waals surface area contributed by atoms with Crippen molar-refractivity contribution in [2.45, 2.75) is 13.3 Å². The average Bonchev–Trinajstić information content (AvgIpc) is 2.37. The first-order chi connectivity index (χ1) is 9.45. The number of hydrogen-bond donors (Lipinski definition) is 2. The molecule has 0 aromatic heterocycles. The monoisotopic (exact) mass is 340 g/mol. The normalized spacial score (nSPS) is 22.4. The van der Waals surface area contributed by atoms with Gasteiger partial charge in [0.1, 0.15) is 0 Å². The van der Waals surface area contributed by atoms with Gasteiger partial charge in [0.25, 0.3) is 0 Å². The van der Waals surface area contributed by atoms with E-state index < -0.39 is 11.9 Å². The molecule has 0 saturated carbocycles. The van der Waals surface area contributed by atoms with Gasteiger partial charge in [-0.25, -0.2) is 4.79 Å². The summed E-state index contributed by atoms with van der Waals surface area (Å²) < 4.78 is 0.880. The second-order valence-electron chi connectivity index (χ2n) is 5.22. The van der Waals surface area contributed by atoms with Crippen LogP contribution in [-0.4, -0.2) is 35.1 Å². The third-order valence-corrected chi connectivity index (χ3v) is 3.87. The number of halogens is 1. The van der Waals surface area contributed by atoms with E-state index in [4.69, 9.17) is 5.11 Å². The third kappa shape index (κ3) is 3.72. The van der Waals surface area contributed by atoms with Gasteiger partial charge >= 0.3 is 12.0 Å². The van der Waals surface area contributed by atoms with Crippen molar-refractivity contribution in [3.05, 3.63) is 28.7 Å². The van der Waals surface area contributed by atoms with E-state index in [0.717, 1.165) is 4.47 Å². The lowest BCUT2D eigenvalue weighted by molar-refractivity contribution is -0.143. The Hall–Kier alpha value is -1.56. The van der Waals surface area contributed by atoms with Crippen molar-refractivity contribution < 1.29 is 14.7 Å². The van der Waals surface area contributed by atoms with Crippen molar-refractivity contribution in [3.63, 3.8) is 0 Å². The summed E-state index contributed by atoms with van der Waals surface area (Å²) in [5.41, 5.74) is 0.689. The first-order valence-electron chi connectivity index (χ1n) is 6.50. The minimum atomic E-state index is -0.836. The summed E-state index contributed by atoms with van der Waals surface area (Å²) in [6.45, 7) is 2.82. The quantitative estimate of drug-likeness (QED) is 0.869. The summed E-state index contributed by atoms with van der Waals surface area (Å²) in [5.74, 6) is -1.12. The van der Waals surface area contributed by atoms with Crippen LogP contribution in [-0.2, 0) is 4.79 Å². The molecule has 1 aliphatic heterocycles. The number of carbonyl (C=O) groups excluding carboxylic acids is 1. The molecule has 5 nitrogen and oxygen atoms in total. The molecule has 2 rings (SSSR count). The van der Waals surface area contributed by atoms with E-state index in [2.05, 4.69) is 21.2 Å². The molecule has 1 aromatic carbocycles. The van der Waals surface area contributed by atoms with Gasteiger partial charge in [-0.2, -0.15) is 0 Å². The molecule has 0 aliphatic carbocycles. The number of carbonyl (C=O) groups is 2. The summed E-state index contributed by atoms with van der Waals surface area (Å²) in [5, 5.41) is 11.9. The number of amides is 2. The van der Waals surface area contributed by atoms with Gasteiger partial charge in [0.2, 0.25) is 0 Å². The predicted octanol–water partition coefficient (Wildman–Crippen LogP) is 3.02. The number of likely N-dealkylation sites (tertiary alicyclic amines) is 1. The number of urea groups is 1. The average molecular weight is 341 g/mol. The molecular weight excluding hydrogens is 324 g/mol. The maximum absolute atomic E-state index is 12.2. The smallest absolute Gasteiger partial charge is 0.321 e. The number of benzene rings is 1. The van der Waals surface area contributed by atoms with Crippen LogP contribution in [0.2, 0.25) is 0 Å². The maximum atomic E-state index is 12.2. The standard InChI is InChI=1S/C14H17BrN2O3/c1-9-5-10(13(18)19)8-17(7-9)14(20)16-12-4-2-3-11(15)6-12/h2-4,6,9-10H,5,7-8H2,1H3,(H,16,20)(H,18,19). The molecule has 2 unspecified atom stereocenters. The van der Waals surface area contributed by atoms with Crippen LogP contribution in [0.5, 0.6) is 0 Å². The lowest BCUT2D eigenvalue weighted by Gasteiger charge is -2.34. The molecule has 108 valence electrons. The zero-order valence-electron chi connectivity index (χ0n) is 11.2. The Morgan fingerprint density at radius 3 is 2.80 bits per heavy atom. The third-order valence-electron chi connectivity index (χ3n) is 3.37. The summed E-state index contributed by atoms with van der Waals surface area (Å²) in [7, 11) is 0. The fraction of sp³-hybridized carbons (Fsp3) is 0.429. The van der Waals surface area contributed by atoms with E-state index in [1.807, 2.05) is 19.1 Å². The van der Waals surface area contributed by atoms with Crippen LogP contribution in [0.1, 0.15) is 13.3 Å². The Morgan fingerprint density at radius 2 is 2.15 bits per heavy atom. The number of rotatable bonds is 2. The SMILES string of the molecule is CC1CC(C(=O)O)CN(C(=O)Nc2cccc(Br)c2)C1. The second-order valence-corrected chi connectivity index (χ2v) is 6.14. The number of anilines is 1. The van der Waals surface area contributed by atoms with Crippen molar-refractivity contribution in [2.75, 3.05) is 18.4 Å². The molecule has 0 spiro atoms. The number of aliphatic carboxylic acids is 1. The van der Waals surface area contributed by atoms with Crippen molar-refractivity contribution in [3.8, 4) is 0 Å². The molecule has 2 N–H and O–H groups in total. The summed E-state index contributed by atoms with van der Waals surface area (Å²) in [6, 6.07) is 7.06. The van der Waals surface area contributed by atoms with Crippen molar-refractivity contribution in [1.82, 2.24) is 4.90 Å². The zero-order chi connectivity index (χ0) is 14.7. The van der Waals surface area contributed by atoms with Crippen molar-refractivity contribution >= 4 is 33.6 Å². The van der Waals surface area contributed by atoms with Crippen molar-refractivity contribution in [2.24, 2.45) is 11.8 Å². The first-order valence-corrected chi connectivity index (χ1v) is 7.29. The maximum Gasteiger partial charge on any atom is 0.321 e. The van der Waals surface area contributed by atoms with Crippen molar-refractivity contribution in [1.29, 1.82) is 0 Å². The van der Waals surface area contributed by atoms with E-state index in [1.165, 1.54) is 0 Å². The summed E-state index contributed by atoms with van der Waals surface area (Å²) in [4.78, 5) is 24.9. The fourth-order valence-electron chi connectivity index (χ4n) is 2.47. The molecule has 20 heavy (non-hydrogen) atoms. The van der Waals surface area contributed by atoms with Gasteiger partial charge in [-0.15, -0.1) is 0 Å². The molecular formula is C14H17BrN2O3. The molecule has 1 aromatic rings. The fourth-order valence-corrected chi connectivity index (χ4v) is 2.86. The van der Waals surface area contributed by atoms with E-state index in [-0.39, 0.29) is 18.5 Å². The Bertz CT molecular complexity index is 521. The number of carboxylic acid groups (broad SMARTS) is 1. The predicted molar refractivity (Wildman–Crippen MR) is 79.6 cm³/mol. The molecule has 2 atom stereocenters. The van der Waals surface area contributed by atoms with E-state index >= 15 is 0 Å². The molecule has 0 radical (unpaired) electrons. The van der Waals surface area contributed by atoms with Crippen LogP contribution in [0, 0.1) is 11.8 Å². The number of nitrogens with zero attached hydrogens (tertiary/aromatic N) is 1. The molecule has 2 amide bonds. The van der Waals surface area contributed by atoms with Crippen LogP contribution in [0.4, 0.5) is 10.5 Å². The second kappa shape index (κ2) is 6.26. The highest BCUT2D eigenvalue weighted by atomic mass is 79.9. The summed E-state index contributed by atoms with van der Waals surface area (Å²) in [6.07, 6.45) is 0.621. The Morgan fingerprint density at radius 1 is 1.40 bits per heavy atom. The number of piperidine rings is 1. The van der Waals surface area contributed by atoms with E-state index in [9.17, 15) is 9.59 Å². The highest BCUT2D eigenvalue weighted by Crippen LogP contribution is 2.23. The molecule has 0 bridgehead atoms. The highest BCUT2D eigenvalue weighted by molar-refractivity contribution is 9.10. The van der Waals surface area contributed by atoms with Crippen LogP contribution in [0.25, 0.3) is 0 Å². The van der Waals surface area contributed by atoms with Gasteiger partial charge in [0, 0.05) is 23.2 Å². The lowest BCUT2D eigenvalue weighted by Crippen LogP contribution is -2.47. The largest absolute Gasteiger partial charge is 0.481 e. The summed E-state index contributed by atoms with van der Waals surface area (Å²) >= 11 is 3.34. The Labute approximate surface area is 126 Å². The number of carboxylic acids is 1. The molecule has 1 aliphatic rings. The van der Waals surface area contributed by atoms with Crippen LogP contribution >= 0.6 is 15.9 Å². The van der Waals surface area contributed by atoms with Crippen LogP contribution < -0.4 is 5.32 Å². The van der Waals surface area contributed by atoms with Gasteiger partial charge in [0.05, 0.1) is 5.92 Å².